The Bertz CT molecular complexity index is 465. The number of rotatable bonds is 6. The largest absolute Gasteiger partial charge is 0.370 e. The molecule has 0 fully saturated rings. The number of carbonyl (C=O) groups is 1. The third kappa shape index (κ3) is 4.31. The van der Waals surface area contributed by atoms with Crippen LogP contribution in [0.25, 0.3) is 0 Å². The van der Waals surface area contributed by atoms with Gasteiger partial charge in [-0.2, -0.15) is 0 Å². The first-order valence-corrected chi connectivity index (χ1v) is 5.72. The van der Waals surface area contributed by atoms with Crippen LogP contribution in [0.1, 0.15) is 18.9 Å². The predicted octanol–water partition coefficient (Wildman–Crippen LogP) is 1.60. The number of halogens is 1. The summed E-state index contributed by atoms with van der Waals surface area (Å²) < 4.78 is 0. The van der Waals surface area contributed by atoms with E-state index < -0.39 is 10.8 Å². The van der Waals surface area contributed by atoms with Gasteiger partial charge in [0.15, 0.2) is 0 Å². The third-order valence-electron chi connectivity index (χ3n) is 2.37. The van der Waals surface area contributed by atoms with Crippen LogP contribution >= 0.6 is 11.6 Å². The molecule has 1 aromatic rings. The van der Waals surface area contributed by atoms with Crippen molar-refractivity contribution in [3.63, 3.8) is 0 Å². The SMILES string of the molecule is CC(CC(N)=O)NCc1ccc(Cl)c([N+](=O)[O-])c1. The van der Waals surface area contributed by atoms with Crippen LogP contribution < -0.4 is 11.1 Å². The number of nitrogens with zero attached hydrogens (tertiary/aromatic N) is 1. The van der Waals surface area contributed by atoms with Crippen molar-refractivity contribution in [1.82, 2.24) is 5.32 Å². The first kappa shape index (κ1) is 14.4. The van der Waals surface area contributed by atoms with Crippen LogP contribution in [0.5, 0.6) is 0 Å². The van der Waals surface area contributed by atoms with Crippen molar-refractivity contribution in [2.75, 3.05) is 0 Å². The number of nitro groups is 1. The molecule has 1 rings (SSSR count). The molecule has 0 aliphatic carbocycles. The summed E-state index contributed by atoms with van der Waals surface area (Å²) >= 11 is 5.70. The van der Waals surface area contributed by atoms with E-state index in [0.717, 1.165) is 5.56 Å². The van der Waals surface area contributed by atoms with Gasteiger partial charge < -0.3 is 11.1 Å². The smallest absolute Gasteiger partial charge is 0.288 e. The van der Waals surface area contributed by atoms with Crippen molar-refractivity contribution in [2.24, 2.45) is 5.73 Å². The molecule has 0 saturated carbocycles. The number of primary amides is 1. The Hall–Kier alpha value is -1.66. The quantitative estimate of drug-likeness (QED) is 0.606. The summed E-state index contributed by atoms with van der Waals surface area (Å²) in [5, 5.41) is 13.9. The van der Waals surface area contributed by atoms with Crippen LogP contribution in [0.4, 0.5) is 5.69 Å². The fraction of sp³-hybridized carbons (Fsp3) is 0.364. The molecule has 0 bridgehead atoms. The standard InChI is InChI=1S/C11H14ClN3O3/c1-7(4-11(13)16)14-6-8-2-3-9(12)10(5-8)15(17)18/h2-3,5,7,14H,4,6H2,1H3,(H2,13,16). The van der Waals surface area contributed by atoms with Gasteiger partial charge in [0.05, 0.1) is 4.92 Å². The van der Waals surface area contributed by atoms with Gasteiger partial charge in [0, 0.05) is 25.1 Å². The molecule has 0 heterocycles. The maximum absolute atomic E-state index is 10.7. The molecule has 1 atom stereocenters. The minimum Gasteiger partial charge on any atom is -0.370 e. The third-order valence-corrected chi connectivity index (χ3v) is 2.69. The molecule has 0 radical (unpaired) electrons. The van der Waals surface area contributed by atoms with Gasteiger partial charge in [-0.25, -0.2) is 0 Å². The monoisotopic (exact) mass is 271 g/mol. The Balaban J connectivity index is 2.66. The summed E-state index contributed by atoms with van der Waals surface area (Å²) in [5.41, 5.74) is 5.66. The molecule has 7 heteroatoms. The van der Waals surface area contributed by atoms with E-state index in [1.165, 1.54) is 12.1 Å². The number of hydrogen-bond donors (Lipinski definition) is 2. The summed E-state index contributed by atoms with van der Waals surface area (Å²) in [4.78, 5) is 20.9. The van der Waals surface area contributed by atoms with Crippen molar-refractivity contribution < 1.29 is 9.72 Å². The van der Waals surface area contributed by atoms with Gasteiger partial charge in [0.25, 0.3) is 5.69 Å². The zero-order valence-electron chi connectivity index (χ0n) is 9.85. The van der Waals surface area contributed by atoms with E-state index in [-0.39, 0.29) is 23.2 Å². The van der Waals surface area contributed by atoms with E-state index in [4.69, 9.17) is 17.3 Å². The van der Waals surface area contributed by atoms with Gasteiger partial charge in [0.1, 0.15) is 5.02 Å². The van der Waals surface area contributed by atoms with Crippen molar-refractivity contribution in [3.05, 3.63) is 38.9 Å². The zero-order chi connectivity index (χ0) is 13.7. The van der Waals surface area contributed by atoms with Crippen LogP contribution in [0, 0.1) is 10.1 Å². The summed E-state index contributed by atoms with van der Waals surface area (Å²) in [6.07, 6.45) is 0.218. The second-order valence-corrected chi connectivity index (χ2v) is 4.40. The van der Waals surface area contributed by atoms with Gasteiger partial charge in [-0.1, -0.05) is 17.7 Å². The Kier molecular flexibility index (Phi) is 5.06. The fourth-order valence-corrected chi connectivity index (χ4v) is 1.66. The first-order chi connectivity index (χ1) is 8.40. The number of nitrogens with two attached hydrogens (primary N) is 1. The summed E-state index contributed by atoms with van der Waals surface area (Å²) in [7, 11) is 0. The summed E-state index contributed by atoms with van der Waals surface area (Å²) in [6.45, 7) is 2.22. The molecule has 18 heavy (non-hydrogen) atoms. The normalized spacial score (nSPS) is 12.1. The molecule has 1 aromatic carbocycles. The molecule has 1 unspecified atom stereocenters. The fourth-order valence-electron chi connectivity index (χ4n) is 1.47. The molecule has 0 aromatic heterocycles. The van der Waals surface area contributed by atoms with Gasteiger partial charge in [0.2, 0.25) is 5.91 Å². The highest BCUT2D eigenvalue weighted by atomic mass is 35.5. The van der Waals surface area contributed by atoms with Gasteiger partial charge in [-0.05, 0) is 18.6 Å². The van der Waals surface area contributed by atoms with Crippen molar-refractivity contribution in [1.29, 1.82) is 0 Å². The zero-order valence-corrected chi connectivity index (χ0v) is 10.6. The van der Waals surface area contributed by atoms with E-state index in [0.29, 0.717) is 6.54 Å². The van der Waals surface area contributed by atoms with Gasteiger partial charge >= 0.3 is 0 Å². The second kappa shape index (κ2) is 6.32. The molecular formula is C11H14ClN3O3. The average molecular weight is 272 g/mol. The lowest BCUT2D eigenvalue weighted by atomic mass is 10.1. The average Bonchev–Trinajstić information content (AvgIpc) is 2.26. The Morgan fingerprint density at radius 2 is 2.28 bits per heavy atom. The lowest BCUT2D eigenvalue weighted by molar-refractivity contribution is -0.384. The molecule has 98 valence electrons. The lowest BCUT2D eigenvalue weighted by Crippen LogP contribution is -2.30. The Morgan fingerprint density at radius 1 is 1.61 bits per heavy atom. The van der Waals surface area contributed by atoms with Crippen LogP contribution in [0.15, 0.2) is 18.2 Å². The summed E-state index contributed by atoms with van der Waals surface area (Å²) in [6, 6.07) is 4.50. The molecule has 0 aliphatic heterocycles. The van der Waals surface area contributed by atoms with Crippen LogP contribution in [0.2, 0.25) is 5.02 Å². The van der Waals surface area contributed by atoms with Crippen LogP contribution in [-0.2, 0) is 11.3 Å². The Morgan fingerprint density at radius 3 is 2.83 bits per heavy atom. The molecular weight excluding hydrogens is 258 g/mol. The molecule has 1 amide bonds. The number of amides is 1. The Labute approximate surface area is 109 Å². The number of nitrogens with one attached hydrogen (secondary N) is 1. The molecule has 0 spiro atoms. The second-order valence-electron chi connectivity index (χ2n) is 4.00. The number of carbonyl (C=O) groups excluding carboxylic acids is 1. The van der Waals surface area contributed by atoms with Crippen LogP contribution in [0.3, 0.4) is 0 Å². The van der Waals surface area contributed by atoms with E-state index >= 15 is 0 Å². The maximum Gasteiger partial charge on any atom is 0.288 e. The predicted molar refractivity (Wildman–Crippen MR) is 68.2 cm³/mol. The lowest BCUT2D eigenvalue weighted by Gasteiger charge is -2.11. The minimum absolute atomic E-state index is 0.0859. The van der Waals surface area contributed by atoms with Gasteiger partial charge in [-0.3, -0.25) is 14.9 Å². The molecule has 3 N–H and O–H groups in total. The minimum atomic E-state index is -0.529. The molecule has 0 saturated heterocycles. The van der Waals surface area contributed by atoms with Crippen molar-refractivity contribution in [2.45, 2.75) is 25.9 Å². The van der Waals surface area contributed by atoms with Gasteiger partial charge in [-0.15, -0.1) is 0 Å². The summed E-state index contributed by atoms with van der Waals surface area (Å²) in [5.74, 6) is -0.392. The maximum atomic E-state index is 10.7. The van der Waals surface area contributed by atoms with E-state index in [1.807, 2.05) is 6.92 Å². The molecule has 0 aliphatic rings. The first-order valence-electron chi connectivity index (χ1n) is 5.34. The highest BCUT2D eigenvalue weighted by Gasteiger charge is 2.13. The van der Waals surface area contributed by atoms with Crippen molar-refractivity contribution in [3.8, 4) is 0 Å². The molecule has 6 nitrogen and oxygen atoms in total. The number of benzene rings is 1. The number of nitro benzene ring substituents is 1. The number of hydrogen-bond acceptors (Lipinski definition) is 4. The highest BCUT2D eigenvalue weighted by Crippen LogP contribution is 2.24. The van der Waals surface area contributed by atoms with E-state index in [1.54, 1.807) is 6.07 Å². The van der Waals surface area contributed by atoms with E-state index in [2.05, 4.69) is 5.32 Å². The van der Waals surface area contributed by atoms with Crippen molar-refractivity contribution >= 4 is 23.2 Å². The van der Waals surface area contributed by atoms with E-state index in [9.17, 15) is 14.9 Å². The van der Waals surface area contributed by atoms with Crippen LogP contribution in [-0.4, -0.2) is 16.9 Å². The topological polar surface area (TPSA) is 98.3 Å². The highest BCUT2D eigenvalue weighted by molar-refractivity contribution is 6.32.